The number of rotatable bonds is 5. The smallest absolute Gasteiger partial charge is 0.122 e. The summed E-state index contributed by atoms with van der Waals surface area (Å²) in [5.74, 6) is 1.68. The van der Waals surface area contributed by atoms with E-state index in [1.165, 1.54) is 5.56 Å². The first-order chi connectivity index (χ1) is 11.2. The topological polar surface area (TPSA) is 50.7 Å². The van der Waals surface area contributed by atoms with E-state index in [0.717, 1.165) is 35.6 Å². The maximum atomic E-state index is 10.5. The predicted octanol–water partition coefficient (Wildman–Crippen LogP) is 2.32. The van der Waals surface area contributed by atoms with Gasteiger partial charge in [-0.2, -0.15) is 0 Å². The van der Waals surface area contributed by atoms with Gasteiger partial charge in [-0.1, -0.05) is 30.3 Å². The van der Waals surface area contributed by atoms with Crippen LogP contribution in [0.25, 0.3) is 0 Å². The molecule has 0 fully saturated rings. The molecule has 2 aromatic rings. The van der Waals surface area contributed by atoms with E-state index in [-0.39, 0.29) is 6.04 Å². The highest BCUT2D eigenvalue weighted by atomic mass is 16.5. The Morgan fingerprint density at radius 3 is 2.17 bits per heavy atom. The van der Waals surface area contributed by atoms with Crippen molar-refractivity contribution >= 4 is 0 Å². The van der Waals surface area contributed by atoms with Gasteiger partial charge in [0.15, 0.2) is 0 Å². The van der Waals surface area contributed by atoms with E-state index < -0.39 is 6.10 Å². The van der Waals surface area contributed by atoms with Crippen LogP contribution >= 0.6 is 0 Å². The molecule has 4 nitrogen and oxygen atoms in total. The first kappa shape index (κ1) is 15.8. The molecule has 0 unspecified atom stereocenters. The van der Waals surface area contributed by atoms with Crippen LogP contribution in [0.2, 0.25) is 0 Å². The summed E-state index contributed by atoms with van der Waals surface area (Å²) in [6, 6.07) is 14.1. The molecule has 2 atom stereocenters. The Balaban J connectivity index is 1.79. The minimum atomic E-state index is -0.438. The first-order valence-corrected chi connectivity index (χ1v) is 7.91. The molecule has 0 aromatic heterocycles. The van der Waals surface area contributed by atoms with Crippen LogP contribution in [-0.4, -0.2) is 31.5 Å². The number of nitrogens with one attached hydrogen (secondary N) is 1. The Hall–Kier alpha value is -2.04. The zero-order chi connectivity index (χ0) is 16.2. The van der Waals surface area contributed by atoms with E-state index in [2.05, 4.69) is 17.4 Å². The van der Waals surface area contributed by atoms with Crippen molar-refractivity contribution in [3.63, 3.8) is 0 Å². The molecule has 0 amide bonds. The van der Waals surface area contributed by atoms with Crippen molar-refractivity contribution in [2.75, 3.05) is 14.2 Å². The summed E-state index contributed by atoms with van der Waals surface area (Å²) in [5, 5.41) is 14.0. The largest absolute Gasteiger partial charge is 0.496 e. The summed E-state index contributed by atoms with van der Waals surface area (Å²) in [6.45, 7) is 0.740. The molecular formula is C19H23NO3. The second-order valence-corrected chi connectivity index (χ2v) is 5.88. The van der Waals surface area contributed by atoms with Crippen molar-refractivity contribution in [3.05, 3.63) is 59.2 Å². The molecule has 2 aromatic carbocycles. The Bertz CT molecular complexity index is 657. The van der Waals surface area contributed by atoms with Crippen LogP contribution in [0.1, 0.15) is 16.7 Å². The van der Waals surface area contributed by atoms with Gasteiger partial charge in [-0.25, -0.2) is 0 Å². The van der Waals surface area contributed by atoms with Gasteiger partial charge in [0.05, 0.1) is 20.3 Å². The molecular weight excluding hydrogens is 290 g/mol. The molecule has 0 spiro atoms. The van der Waals surface area contributed by atoms with Gasteiger partial charge in [0.2, 0.25) is 0 Å². The summed E-state index contributed by atoms with van der Waals surface area (Å²) in [7, 11) is 3.34. The quantitative estimate of drug-likeness (QED) is 0.889. The number of benzene rings is 2. The fourth-order valence-electron chi connectivity index (χ4n) is 3.24. The fraction of sp³-hybridized carbons (Fsp3) is 0.368. The summed E-state index contributed by atoms with van der Waals surface area (Å²) >= 11 is 0. The number of methoxy groups -OCH3 is 2. The first-order valence-electron chi connectivity index (χ1n) is 7.91. The van der Waals surface area contributed by atoms with E-state index in [0.29, 0.717) is 6.42 Å². The van der Waals surface area contributed by atoms with Gasteiger partial charge in [-0.15, -0.1) is 0 Å². The second-order valence-electron chi connectivity index (χ2n) is 5.88. The van der Waals surface area contributed by atoms with Crippen LogP contribution in [0, 0.1) is 0 Å². The average molecular weight is 313 g/mol. The second kappa shape index (κ2) is 7.02. The van der Waals surface area contributed by atoms with Crippen LogP contribution in [0.5, 0.6) is 11.5 Å². The Kier molecular flexibility index (Phi) is 4.84. The zero-order valence-electron chi connectivity index (χ0n) is 13.6. The van der Waals surface area contributed by atoms with E-state index in [9.17, 15) is 5.11 Å². The van der Waals surface area contributed by atoms with Crippen molar-refractivity contribution in [1.29, 1.82) is 0 Å². The Morgan fingerprint density at radius 2 is 1.57 bits per heavy atom. The van der Waals surface area contributed by atoms with Crippen LogP contribution in [0.15, 0.2) is 42.5 Å². The predicted molar refractivity (Wildman–Crippen MR) is 90.0 cm³/mol. The minimum Gasteiger partial charge on any atom is -0.496 e. The van der Waals surface area contributed by atoms with Crippen LogP contribution < -0.4 is 14.8 Å². The lowest BCUT2D eigenvalue weighted by Crippen LogP contribution is -2.45. The van der Waals surface area contributed by atoms with Crippen LogP contribution in [0.4, 0.5) is 0 Å². The average Bonchev–Trinajstić information content (AvgIpc) is 2.60. The number of aliphatic hydroxyl groups is 1. The molecule has 0 bridgehead atoms. The van der Waals surface area contributed by atoms with E-state index in [4.69, 9.17) is 9.47 Å². The van der Waals surface area contributed by atoms with Crippen molar-refractivity contribution in [1.82, 2.24) is 5.32 Å². The van der Waals surface area contributed by atoms with Crippen molar-refractivity contribution in [2.24, 2.45) is 0 Å². The summed E-state index contributed by atoms with van der Waals surface area (Å²) in [5.41, 5.74) is 3.39. The van der Waals surface area contributed by atoms with Crippen LogP contribution in [0.3, 0.4) is 0 Å². The van der Waals surface area contributed by atoms with Crippen LogP contribution in [-0.2, 0) is 19.4 Å². The number of ether oxygens (including phenoxy) is 2. The molecule has 0 heterocycles. The minimum absolute atomic E-state index is 0.00344. The maximum absolute atomic E-state index is 10.5. The Labute approximate surface area is 137 Å². The lowest BCUT2D eigenvalue weighted by Gasteiger charge is -2.32. The third-order valence-electron chi connectivity index (χ3n) is 4.50. The van der Waals surface area contributed by atoms with Gasteiger partial charge in [-0.3, -0.25) is 0 Å². The third kappa shape index (κ3) is 3.33. The third-order valence-corrected chi connectivity index (χ3v) is 4.50. The molecule has 2 N–H and O–H groups in total. The van der Waals surface area contributed by atoms with Gasteiger partial charge in [0, 0.05) is 30.1 Å². The van der Waals surface area contributed by atoms with Gasteiger partial charge in [0.25, 0.3) is 0 Å². The van der Waals surface area contributed by atoms with Crippen molar-refractivity contribution in [2.45, 2.75) is 31.5 Å². The normalized spacial score (nSPS) is 20.0. The molecule has 1 aliphatic rings. The highest BCUT2D eigenvalue weighted by Gasteiger charge is 2.30. The maximum Gasteiger partial charge on any atom is 0.122 e. The molecule has 1 aliphatic carbocycles. The monoisotopic (exact) mass is 313 g/mol. The highest BCUT2D eigenvalue weighted by molar-refractivity contribution is 5.51. The molecule has 3 rings (SSSR count). The van der Waals surface area contributed by atoms with Gasteiger partial charge in [0.1, 0.15) is 11.5 Å². The number of hydrogen-bond acceptors (Lipinski definition) is 4. The molecule has 23 heavy (non-hydrogen) atoms. The van der Waals surface area contributed by atoms with Gasteiger partial charge < -0.3 is 19.9 Å². The highest BCUT2D eigenvalue weighted by Crippen LogP contribution is 2.36. The summed E-state index contributed by atoms with van der Waals surface area (Å²) in [6.07, 6.45) is 0.860. The molecule has 0 radical (unpaired) electrons. The molecule has 0 aliphatic heterocycles. The molecule has 0 saturated carbocycles. The lowest BCUT2D eigenvalue weighted by molar-refractivity contribution is 0.117. The van der Waals surface area contributed by atoms with Gasteiger partial charge >= 0.3 is 0 Å². The van der Waals surface area contributed by atoms with E-state index in [1.807, 2.05) is 30.3 Å². The molecule has 122 valence electrons. The van der Waals surface area contributed by atoms with Gasteiger partial charge in [-0.05, 0) is 24.1 Å². The summed E-state index contributed by atoms with van der Waals surface area (Å²) in [4.78, 5) is 0. The van der Waals surface area contributed by atoms with Crippen molar-refractivity contribution < 1.29 is 14.6 Å². The molecule has 0 saturated heterocycles. The zero-order valence-corrected chi connectivity index (χ0v) is 13.6. The van der Waals surface area contributed by atoms with E-state index in [1.54, 1.807) is 14.2 Å². The Morgan fingerprint density at radius 1 is 0.957 bits per heavy atom. The lowest BCUT2D eigenvalue weighted by atomic mass is 9.85. The number of hydrogen-bond donors (Lipinski definition) is 2. The standard InChI is InChI=1S/C19H23NO3/c1-22-18-8-9-19(23-2)15-11-17(21)16(10-14(15)18)20-12-13-6-4-3-5-7-13/h3-9,16-17,20-21H,10-12H2,1-2H3/t16-,17-/m1/s1. The summed E-state index contributed by atoms with van der Waals surface area (Å²) < 4.78 is 10.9. The van der Waals surface area contributed by atoms with E-state index >= 15 is 0 Å². The number of fused-ring (bicyclic) bond motifs is 1. The number of aliphatic hydroxyl groups excluding tert-OH is 1. The SMILES string of the molecule is COc1ccc(OC)c2c1C[C@@H](O)[C@H](NCc1ccccc1)C2. The fourth-order valence-corrected chi connectivity index (χ4v) is 3.24. The molecule has 4 heteroatoms. The van der Waals surface area contributed by atoms with Crippen molar-refractivity contribution in [3.8, 4) is 11.5 Å².